The maximum absolute atomic E-state index is 12.4. The second-order valence-electron chi connectivity index (χ2n) is 6.09. The number of aliphatic hydroxyl groups excluding tert-OH is 2. The van der Waals surface area contributed by atoms with Gasteiger partial charge in [0.05, 0.1) is 18.8 Å². The number of hydrogen-bond donors (Lipinski definition) is 8. The first-order valence-electron chi connectivity index (χ1n) is 8.30. The Hall–Kier alpha value is -2.77. The Morgan fingerprint density at radius 2 is 1.43 bits per heavy atom. The maximum atomic E-state index is 12.4. The molecule has 0 aromatic carbocycles. The van der Waals surface area contributed by atoms with Gasteiger partial charge in [-0.25, -0.2) is 4.79 Å². The zero-order chi connectivity index (χ0) is 22.0. The van der Waals surface area contributed by atoms with Crippen molar-refractivity contribution >= 4 is 29.7 Å². The zero-order valence-electron chi connectivity index (χ0n) is 15.4. The van der Waals surface area contributed by atoms with Crippen molar-refractivity contribution in [1.29, 1.82) is 0 Å². The van der Waals surface area contributed by atoms with Crippen LogP contribution in [0.25, 0.3) is 0 Å². The molecule has 0 rings (SSSR count). The Morgan fingerprint density at radius 1 is 0.893 bits per heavy atom. The Labute approximate surface area is 160 Å². The summed E-state index contributed by atoms with van der Waals surface area (Å²) in [7, 11) is 0. The van der Waals surface area contributed by atoms with Gasteiger partial charge in [0.1, 0.15) is 18.1 Å². The molecule has 0 saturated heterocycles. The summed E-state index contributed by atoms with van der Waals surface area (Å²) in [5.41, 5.74) is 5.38. The van der Waals surface area contributed by atoms with Crippen molar-refractivity contribution in [3.63, 3.8) is 0 Å². The third-order valence-corrected chi connectivity index (χ3v) is 3.55. The molecule has 0 heterocycles. The fourth-order valence-corrected chi connectivity index (χ4v) is 1.95. The molecule has 0 bridgehead atoms. The molecule has 0 aliphatic carbocycles. The van der Waals surface area contributed by atoms with Gasteiger partial charge in [0.25, 0.3) is 0 Å². The van der Waals surface area contributed by atoms with Gasteiger partial charge < -0.3 is 42.1 Å². The van der Waals surface area contributed by atoms with E-state index < -0.39 is 79.4 Å². The highest BCUT2D eigenvalue weighted by atomic mass is 16.4. The predicted octanol–water partition coefficient (Wildman–Crippen LogP) is -3.89. The minimum absolute atomic E-state index is 0.404. The molecule has 0 aromatic heterocycles. The van der Waals surface area contributed by atoms with Gasteiger partial charge >= 0.3 is 11.9 Å². The topological polar surface area (TPSA) is 228 Å². The number of rotatable bonds is 12. The van der Waals surface area contributed by atoms with Gasteiger partial charge in [-0.2, -0.15) is 0 Å². The molecule has 5 atom stereocenters. The van der Waals surface area contributed by atoms with Crippen molar-refractivity contribution in [2.75, 3.05) is 6.61 Å². The van der Waals surface area contributed by atoms with E-state index in [-0.39, 0.29) is 0 Å². The van der Waals surface area contributed by atoms with Crippen molar-refractivity contribution in [2.45, 2.75) is 57.0 Å². The van der Waals surface area contributed by atoms with Gasteiger partial charge in [-0.15, -0.1) is 0 Å². The Balaban J connectivity index is 5.34. The first-order valence-corrected chi connectivity index (χ1v) is 8.30. The summed E-state index contributed by atoms with van der Waals surface area (Å²) < 4.78 is 0. The van der Waals surface area contributed by atoms with Gasteiger partial charge in [0.2, 0.25) is 17.7 Å². The number of carbonyl (C=O) groups excluding carboxylic acids is 3. The molecule has 0 aliphatic rings. The van der Waals surface area contributed by atoms with Gasteiger partial charge in [-0.1, -0.05) is 0 Å². The second kappa shape index (κ2) is 11.8. The monoisotopic (exact) mass is 406 g/mol. The highest BCUT2D eigenvalue weighted by Gasteiger charge is 2.32. The summed E-state index contributed by atoms with van der Waals surface area (Å²) in [4.78, 5) is 58.0. The number of carboxylic acid groups (broad SMARTS) is 2. The molecule has 5 unspecified atom stereocenters. The van der Waals surface area contributed by atoms with Crippen LogP contribution in [0.5, 0.6) is 0 Å². The van der Waals surface area contributed by atoms with Crippen LogP contribution in [0.2, 0.25) is 0 Å². The maximum Gasteiger partial charge on any atom is 0.328 e. The number of amides is 3. The minimum Gasteiger partial charge on any atom is -0.481 e. The molecule has 0 aromatic rings. The molecule has 0 radical (unpaired) electrons. The molecular formula is C15H26N4O9. The first-order chi connectivity index (χ1) is 12.9. The molecule has 0 saturated carbocycles. The fraction of sp³-hybridized carbons (Fsp3) is 0.667. The third-order valence-electron chi connectivity index (χ3n) is 3.55. The number of aliphatic carboxylic acids is 2. The van der Waals surface area contributed by atoms with E-state index >= 15 is 0 Å². The summed E-state index contributed by atoms with van der Waals surface area (Å²) in [6, 6.07) is -5.64. The van der Waals surface area contributed by atoms with Crippen molar-refractivity contribution in [3.8, 4) is 0 Å². The molecular weight excluding hydrogens is 380 g/mol. The minimum atomic E-state index is -1.66. The molecule has 13 nitrogen and oxygen atoms in total. The van der Waals surface area contributed by atoms with Crippen LogP contribution in [0, 0.1) is 0 Å². The second-order valence-corrected chi connectivity index (χ2v) is 6.09. The van der Waals surface area contributed by atoms with Crippen LogP contribution in [0.4, 0.5) is 0 Å². The highest BCUT2D eigenvalue weighted by molar-refractivity contribution is 5.94. The van der Waals surface area contributed by atoms with E-state index in [1.165, 1.54) is 13.8 Å². The summed E-state index contributed by atoms with van der Waals surface area (Å²) in [5, 5.41) is 42.6. The average molecular weight is 406 g/mol. The molecule has 0 aliphatic heterocycles. The van der Waals surface area contributed by atoms with Crippen molar-refractivity contribution in [3.05, 3.63) is 0 Å². The van der Waals surface area contributed by atoms with Crippen LogP contribution in [0.15, 0.2) is 0 Å². The smallest absolute Gasteiger partial charge is 0.328 e. The zero-order valence-corrected chi connectivity index (χ0v) is 15.4. The molecule has 28 heavy (non-hydrogen) atoms. The van der Waals surface area contributed by atoms with Crippen LogP contribution >= 0.6 is 0 Å². The number of aliphatic hydroxyl groups is 2. The Bertz CT molecular complexity index is 594. The third kappa shape index (κ3) is 8.75. The van der Waals surface area contributed by atoms with Crippen LogP contribution < -0.4 is 21.7 Å². The summed E-state index contributed by atoms with van der Waals surface area (Å²) in [6.07, 6.45) is -2.32. The lowest BCUT2D eigenvalue weighted by Gasteiger charge is -2.25. The lowest BCUT2D eigenvalue weighted by molar-refractivity contribution is -0.144. The van der Waals surface area contributed by atoms with Crippen LogP contribution in [0.1, 0.15) is 26.7 Å². The number of carboxylic acids is 2. The number of nitrogens with two attached hydrogens (primary N) is 1. The molecule has 9 N–H and O–H groups in total. The fourth-order valence-electron chi connectivity index (χ4n) is 1.95. The largest absolute Gasteiger partial charge is 0.481 e. The van der Waals surface area contributed by atoms with Crippen molar-refractivity contribution in [1.82, 2.24) is 16.0 Å². The van der Waals surface area contributed by atoms with Gasteiger partial charge in [0, 0.05) is 6.42 Å². The average Bonchev–Trinajstić information content (AvgIpc) is 2.59. The van der Waals surface area contributed by atoms with Crippen LogP contribution in [-0.2, 0) is 24.0 Å². The Kier molecular flexibility index (Phi) is 10.7. The van der Waals surface area contributed by atoms with E-state index in [2.05, 4.69) is 10.6 Å². The van der Waals surface area contributed by atoms with E-state index in [0.717, 1.165) is 0 Å². The molecule has 160 valence electrons. The number of hydrogen-bond acceptors (Lipinski definition) is 8. The van der Waals surface area contributed by atoms with E-state index in [4.69, 9.17) is 21.1 Å². The van der Waals surface area contributed by atoms with E-state index in [0.29, 0.717) is 0 Å². The normalized spacial score (nSPS) is 16.0. The SMILES string of the molecule is CC(N)C(=O)NC(C(=O)NC(CCC(=O)O)C(=O)NC(CO)C(=O)O)C(C)O. The predicted molar refractivity (Wildman–Crippen MR) is 92.7 cm³/mol. The summed E-state index contributed by atoms with van der Waals surface area (Å²) in [5.74, 6) is -5.63. The molecule has 3 amide bonds. The first kappa shape index (κ1) is 25.2. The molecule has 0 fully saturated rings. The Morgan fingerprint density at radius 3 is 1.82 bits per heavy atom. The standard InChI is InChI=1S/C15H26N4O9/c1-6(16)12(24)19-11(7(2)21)14(26)17-8(3-4-10(22)23)13(25)18-9(5-20)15(27)28/h6-9,11,20-21H,3-5,16H2,1-2H3,(H,17,26)(H,18,25)(H,19,24)(H,22,23)(H,27,28). The van der Waals surface area contributed by atoms with Crippen LogP contribution in [-0.4, -0.2) is 87.0 Å². The summed E-state index contributed by atoms with van der Waals surface area (Å²) in [6.45, 7) is 1.61. The summed E-state index contributed by atoms with van der Waals surface area (Å²) >= 11 is 0. The van der Waals surface area contributed by atoms with Gasteiger partial charge in [-0.3, -0.25) is 19.2 Å². The number of nitrogens with one attached hydrogen (secondary N) is 3. The van der Waals surface area contributed by atoms with E-state index in [1.54, 1.807) is 0 Å². The lowest BCUT2D eigenvalue weighted by atomic mass is 10.1. The van der Waals surface area contributed by atoms with E-state index in [1.807, 2.05) is 5.32 Å². The van der Waals surface area contributed by atoms with Crippen LogP contribution in [0.3, 0.4) is 0 Å². The molecule has 0 spiro atoms. The quantitative estimate of drug-likeness (QED) is 0.157. The van der Waals surface area contributed by atoms with E-state index in [9.17, 15) is 29.1 Å². The van der Waals surface area contributed by atoms with Gasteiger partial charge in [0.15, 0.2) is 0 Å². The van der Waals surface area contributed by atoms with Crippen molar-refractivity contribution < 1.29 is 44.4 Å². The molecule has 13 heteroatoms. The van der Waals surface area contributed by atoms with Crippen molar-refractivity contribution in [2.24, 2.45) is 5.73 Å². The van der Waals surface area contributed by atoms with Gasteiger partial charge in [-0.05, 0) is 20.3 Å². The lowest BCUT2D eigenvalue weighted by Crippen LogP contribution is -2.59. The number of carbonyl (C=O) groups is 5. The highest BCUT2D eigenvalue weighted by Crippen LogP contribution is 2.02.